The highest BCUT2D eigenvalue weighted by atomic mass is 35.5. The molecule has 0 bridgehead atoms. The van der Waals surface area contributed by atoms with Gasteiger partial charge in [-0.15, -0.1) is 0 Å². The standard InChI is InChI=1S/C19H21ClN2O3/c1-19(2,18(24)22(3)14-8-6-5-7-9-14)17(23)21-15-12-13(20)10-11-16(15)25-4/h5-12H,1-4H3,(H,21,23). The lowest BCUT2D eigenvalue weighted by molar-refractivity contribution is -0.136. The molecule has 0 fully saturated rings. The molecular formula is C19H21ClN2O3. The number of nitrogens with one attached hydrogen (secondary N) is 1. The summed E-state index contributed by atoms with van der Waals surface area (Å²) in [6, 6.07) is 14.1. The fourth-order valence-corrected chi connectivity index (χ4v) is 2.51. The fourth-order valence-electron chi connectivity index (χ4n) is 2.34. The summed E-state index contributed by atoms with van der Waals surface area (Å²) >= 11 is 5.98. The fraction of sp³-hybridized carbons (Fsp3) is 0.263. The van der Waals surface area contributed by atoms with Crippen molar-refractivity contribution in [3.8, 4) is 5.75 Å². The van der Waals surface area contributed by atoms with Crippen LogP contribution in [-0.4, -0.2) is 26.0 Å². The van der Waals surface area contributed by atoms with Gasteiger partial charge >= 0.3 is 0 Å². The number of carbonyl (C=O) groups is 2. The molecule has 0 heterocycles. The largest absolute Gasteiger partial charge is 0.495 e. The third kappa shape index (κ3) is 4.12. The van der Waals surface area contributed by atoms with Crippen molar-refractivity contribution < 1.29 is 14.3 Å². The van der Waals surface area contributed by atoms with Gasteiger partial charge in [0.2, 0.25) is 11.8 Å². The first-order chi connectivity index (χ1) is 11.8. The quantitative estimate of drug-likeness (QED) is 0.820. The Hall–Kier alpha value is -2.53. The van der Waals surface area contributed by atoms with Crippen LogP contribution in [0.2, 0.25) is 5.02 Å². The van der Waals surface area contributed by atoms with Crippen molar-refractivity contribution in [3.63, 3.8) is 0 Å². The second kappa shape index (κ2) is 7.57. The van der Waals surface area contributed by atoms with Gasteiger partial charge in [0.05, 0.1) is 12.8 Å². The first-order valence-corrected chi connectivity index (χ1v) is 8.13. The zero-order valence-corrected chi connectivity index (χ0v) is 15.4. The van der Waals surface area contributed by atoms with E-state index in [1.54, 1.807) is 39.1 Å². The van der Waals surface area contributed by atoms with Crippen molar-refractivity contribution in [1.82, 2.24) is 0 Å². The highest BCUT2D eigenvalue weighted by molar-refractivity contribution is 6.31. The van der Waals surface area contributed by atoms with Crippen molar-refractivity contribution in [2.75, 3.05) is 24.4 Å². The second-order valence-corrected chi connectivity index (χ2v) is 6.56. The van der Waals surface area contributed by atoms with Crippen LogP contribution in [0.4, 0.5) is 11.4 Å². The molecule has 0 aliphatic carbocycles. The average Bonchev–Trinajstić information content (AvgIpc) is 2.61. The maximum Gasteiger partial charge on any atom is 0.241 e. The number of halogens is 1. The Kier molecular flexibility index (Phi) is 5.69. The van der Waals surface area contributed by atoms with E-state index in [1.807, 2.05) is 30.3 Å². The summed E-state index contributed by atoms with van der Waals surface area (Å²) in [5, 5.41) is 3.19. The number of amides is 2. The molecule has 0 spiro atoms. The highest BCUT2D eigenvalue weighted by Gasteiger charge is 2.39. The maximum absolute atomic E-state index is 12.8. The van der Waals surface area contributed by atoms with Crippen molar-refractivity contribution >= 4 is 34.8 Å². The lowest BCUT2D eigenvalue weighted by atomic mass is 9.90. The number of ether oxygens (including phenoxy) is 1. The normalized spacial score (nSPS) is 10.9. The second-order valence-electron chi connectivity index (χ2n) is 6.12. The van der Waals surface area contributed by atoms with E-state index < -0.39 is 11.3 Å². The van der Waals surface area contributed by atoms with Gasteiger partial charge in [-0.05, 0) is 44.2 Å². The number of hydrogen-bond acceptors (Lipinski definition) is 3. The maximum atomic E-state index is 12.8. The number of hydrogen-bond donors (Lipinski definition) is 1. The van der Waals surface area contributed by atoms with E-state index in [0.717, 1.165) is 0 Å². The molecule has 0 saturated heterocycles. The molecule has 2 aromatic rings. The lowest BCUT2D eigenvalue weighted by Gasteiger charge is -2.28. The van der Waals surface area contributed by atoms with E-state index in [9.17, 15) is 9.59 Å². The minimum absolute atomic E-state index is 0.322. The van der Waals surface area contributed by atoms with Crippen molar-refractivity contribution in [1.29, 1.82) is 0 Å². The summed E-state index contributed by atoms with van der Waals surface area (Å²) in [6.45, 7) is 3.17. The molecule has 2 amide bonds. The van der Waals surface area contributed by atoms with Crippen LogP contribution in [0.3, 0.4) is 0 Å². The van der Waals surface area contributed by atoms with Crippen LogP contribution in [0, 0.1) is 5.41 Å². The molecule has 0 atom stereocenters. The minimum atomic E-state index is -1.28. The first-order valence-electron chi connectivity index (χ1n) is 7.75. The topological polar surface area (TPSA) is 58.6 Å². The third-order valence-corrected chi connectivity index (χ3v) is 4.20. The molecule has 0 radical (unpaired) electrons. The molecule has 2 aromatic carbocycles. The zero-order valence-electron chi connectivity index (χ0n) is 14.7. The van der Waals surface area contributed by atoms with Crippen molar-refractivity contribution in [2.24, 2.45) is 5.41 Å². The van der Waals surface area contributed by atoms with Gasteiger partial charge in [0.25, 0.3) is 0 Å². The molecule has 0 aliphatic rings. The molecule has 1 N–H and O–H groups in total. The molecule has 0 saturated carbocycles. The highest BCUT2D eigenvalue weighted by Crippen LogP contribution is 2.30. The summed E-state index contributed by atoms with van der Waals surface area (Å²) in [6.07, 6.45) is 0. The number of carbonyl (C=O) groups excluding carboxylic acids is 2. The molecule has 2 rings (SSSR count). The van der Waals surface area contributed by atoms with Gasteiger partial charge < -0.3 is 15.0 Å². The Balaban J connectivity index is 2.22. The van der Waals surface area contributed by atoms with E-state index in [-0.39, 0.29) is 5.91 Å². The number of anilines is 2. The van der Waals surface area contributed by atoms with Crippen LogP contribution < -0.4 is 15.0 Å². The molecular weight excluding hydrogens is 340 g/mol. The van der Waals surface area contributed by atoms with Crippen molar-refractivity contribution in [2.45, 2.75) is 13.8 Å². The molecule has 0 aromatic heterocycles. The SMILES string of the molecule is COc1ccc(Cl)cc1NC(=O)C(C)(C)C(=O)N(C)c1ccccc1. The summed E-state index contributed by atoms with van der Waals surface area (Å²) in [7, 11) is 3.14. The third-order valence-electron chi connectivity index (χ3n) is 3.96. The Morgan fingerprint density at radius 1 is 1.12 bits per heavy atom. The van der Waals surface area contributed by atoms with Gasteiger partial charge in [0.1, 0.15) is 11.2 Å². The van der Waals surface area contributed by atoms with Gasteiger partial charge in [0, 0.05) is 17.8 Å². The predicted octanol–water partition coefficient (Wildman–Crippen LogP) is 3.98. The van der Waals surface area contributed by atoms with Crippen molar-refractivity contribution in [3.05, 3.63) is 53.6 Å². The number of benzene rings is 2. The monoisotopic (exact) mass is 360 g/mol. The summed E-state index contributed by atoms with van der Waals surface area (Å²) in [5.74, 6) is -0.296. The van der Waals surface area contributed by atoms with Crippen LogP contribution in [-0.2, 0) is 9.59 Å². The number of para-hydroxylation sites is 1. The first kappa shape index (κ1) is 18.8. The number of nitrogens with zero attached hydrogens (tertiary/aromatic N) is 1. The minimum Gasteiger partial charge on any atom is -0.495 e. The van der Waals surface area contributed by atoms with Crippen LogP contribution in [0.5, 0.6) is 5.75 Å². The van der Waals surface area contributed by atoms with Gasteiger partial charge in [-0.3, -0.25) is 9.59 Å². The molecule has 0 unspecified atom stereocenters. The summed E-state index contributed by atoms with van der Waals surface area (Å²) < 4.78 is 5.22. The Bertz CT molecular complexity index is 775. The van der Waals surface area contributed by atoms with E-state index in [1.165, 1.54) is 12.0 Å². The molecule has 25 heavy (non-hydrogen) atoms. The van der Waals surface area contributed by atoms with Crippen LogP contribution in [0.25, 0.3) is 0 Å². The Morgan fingerprint density at radius 3 is 2.36 bits per heavy atom. The Labute approximate surface area is 152 Å². The van der Waals surface area contributed by atoms with Crippen LogP contribution >= 0.6 is 11.6 Å². The number of methoxy groups -OCH3 is 1. The van der Waals surface area contributed by atoms with Gasteiger partial charge in [0.15, 0.2) is 0 Å². The van der Waals surface area contributed by atoms with Crippen LogP contribution in [0.15, 0.2) is 48.5 Å². The molecule has 6 heteroatoms. The summed E-state index contributed by atoms with van der Waals surface area (Å²) in [4.78, 5) is 27.0. The van der Waals surface area contributed by atoms with E-state index >= 15 is 0 Å². The van der Waals surface area contributed by atoms with Gasteiger partial charge in [-0.2, -0.15) is 0 Å². The molecule has 5 nitrogen and oxygen atoms in total. The van der Waals surface area contributed by atoms with Crippen LogP contribution in [0.1, 0.15) is 13.8 Å². The molecule has 0 aliphatic heterocycles. The van der Waals surface area contributed by atoms with Gasteiger partial charge in [-0.25, -0.2) is 0 Å². The van der Waals surface area contributed by atoms with Gasteiger partial charge in [-0.1, -0.05) is 29.8 Å². The number of rotatable bonds is 5. The average molecular weight is 361 g/mol. The lowest BCUT2D eigenvalue weighted by Crippen LogP contribution is -2.46. The molecule has 132 valence electrons. The summed E-state index contributed by atoms with van der Waals surface area (Å²) in [5.41, 5.74) is -0.144. The smallest absolute Gasteiger partial charge is 0.241 e. The Morgan fingerprint density at radius 2 is 1.76 bits per heavy atom. The van der Waals surface area contributed by atoms with E-state index in [4.69, 9.17) is 16.3 Å². The predicted molar refractivity (Wildman–Crippen MR) is 100 cm³/mol. The van der Waals surface area contributed by atoms with E-state index in [0.29, 0.717) is 22.1 Å². The zero-order chi connectivity index (χ0) is 18.6. The van der Waals surface area contributed by atoms with E-state index in [2.05, 4.69) is 5.32 Å².